The molecule has 0 fully saturated rings. The topological polar surface area (TPSA) is 29.1 Å². The Kier molecular flexibility index (Phi) is 2.86. The van der Waals surface area contributed by atoms with E-state index in [0.717, 1.165) is 12.1 Å². The molecule has 0 bridgehead atoms. The summed E-state index contributed by atoms with van der Waals surface area (Å²) in [5, 5.41) is 2.72. The third-order valence-electron chi connectivity index (χ3n) is 1.72. The highest BCUT2D eigenvalue weighted by atomic mass is 16.1. The number of nitrogens with one attached hydrogen (secondary N) is 1. The summed E-state index contributed by atoms with van der Waals surface area (Å²) in [7, 11) is 0. The third kappa shape index (κ3) is 2.38. The average molecular weight is 163 g/mol. The normalized spacial score (nSPS) is 21.4. The number of amides is 1. The molecule has 0 radical (unpaired) electrons. The van der Waals surface area contributed by atoms with Gasteiger partial charge < -0.3 is 5.32 Å². The molecule has 2 heteroatoms. The Hall–Kier alpha value is -1.31. The Balaban J connectivity index is 2.57. The summed E-state index contributed by atoms with van der Waals surface area (Å²) in [6, 6.07) is 0. The van der Waals surface area contributed by atoms with Gasteiger partial charge in [0.15, 0.2) is 0 Å². The van der Waals surface area contributed by atoms with Gasteiger partial charge in [-0.05, 0) is 24.5 Å². The van der Waals surface area contributed by atoms with E-state index in [9.17, 15) is 4.79 Å². The van der Waals surface area contributed by atoms with Crippen LogP contribution >= 0.6 is 0 Å². The van der Waals surface area contributed by atoms with Crippen molar-refractivity contribution in [1.29, 1.82) is 0 Å². The van der Waals surface area contributed by atoms with Crippen molar-refractivity contribution in [3.05, 3.63) is 36.6 Å². The van der Waals surface area contributed by atoms with Gasteiger partial charge in [-0.3, -0.25) is 4.79 Å². The summed E-state index contributed by atoms with van der Waals surface area (Å²) in [6.07, 6.45) is 8.34. The van der Waals surface area contributed by atoms with E-state index in [4.69, 9.17) is 0 Å². The van der Waals surface area contributed by atoms with E-state index in [1.165, 1.54) is 6.08 Å². The molecular formula is C10H13NO. The number of carbonyl (C=O) groups excluding carboxylic acids is 1. The lowest BCUT2D eigenvalue weighted by Gasteiger charge is -2.11. The Morgan fingerprint density at radius 2 is 2.58 bits per heavy atom. The van der Waals surface area contributed by atoms with Gasteiger partial charge >= 0.3 is 0 Å². The van der Waals surface area contributed by atoms with Crippen molar-refractivity contribution in [1.82, 2.24) is 5.32 Å². The van der Waals surface area contributed by atoms with Crippen molar-refractivity contribution in [3.63, 3.8) is 0 Å². The molecule has 0 aromatic rings. The first-order valence-corrected chi connectivity index (χ1v) is 4.04. The van der Waals surface area contributed by atoms with Crippen LogP contribution in [0.2, 0.25) is 0 Å². The first kappa shape index (κ1) is 8.78. The standard InChI is InChI=1S/C10H13NO/c1-3-10(12)11-9-6-4-5-8(2)7-9/h3-4,6-8H,1,5H2,2H3,(H,11,12). The van der Waals surface area contributed by atoms with E-state index in [-0.39, 0.29) is 5.91 Å². The van der Waals surface area contributed by atoms with Gasteiger partial charge in [-0.25, -0.2) is 0 Å². The van der Waals surface area contributed by atoms with Crippen LogP contribution in [0.4, 0.5) is 0 Å². The average Bonchev–Trinajstić information content (AvgIpc) is 2.04. The fraction of sp³-hybridized carbons (Fsp3) is 0.300. The number of rotatable bonds is 2. The molecule has 1 amide bonds. The smallest absolute Gasteiger partial charge is 0.247 e. The monoisotopic (exact) mass is 163 g/mol. The molecule has 1 unspecified atom stereocenters. The summed E-state index contributed by atoms with van der Waals surface area (Å²) in [4.78, 5) is 10.9. The second kappa shape index (κ2) is 3.90. The molecule has 12 heavy (non-hydrogen) atoms. The fourth-order valence-corrected chi connectivity index (χ4v) is 1.12. The van der Waals surface area contributed by atoms with Crippen LogP contribution < -0.4 is 5.32 Å². The summed E-state index contributed by atoms with van der Waals surface area (Å²) >= 11 is 0. The van der Waals surface area contributed by atoms with Crippen LogP contribution in [0.5, 0.6) is 0 Å². The van der Waals surface area contributed by atoms with E-state index >= 15 is 0 Å². The molecule has 1 aliphatic carbocycles. The molecule has 0 aromatic carbocycles. The van der Waals surface area contributed by atoms with E-state index < -0.39 is 0 Å². The minimum absolute atomic E-state index is 0.153. The molecule has 0 saturated carbocycles. The zero-order valence-electron chi connectivity index (χ0n) is 7.21. The first-order valence-electron chi connectivity index (χ1n) is 4.04. The minimum atomic E-state index is -0.153. The Morgan fingerprint density at radius 3 is 3.17 bits per heavy atom. The lowest BCUT2D eigenvalue weighted by molar-refractivity contribution is -0.115. The lowest BCUT2D eigenvalue weighted by atomic mass is 10.0. The number of carbonyl (C=O) groups is 1. The first-order chi connectivity index (χ1) is 5.72. The Morgan fingerprint density at radius 1 is 1.83 bits per heavy atom. The van der Waals surface area contributed by atoms with Crippen LogP contribution in [0.1, 0.15) is 13.3 Å². The van der Waals surface area contributed by atoms with Crippen LogP contribution in [0.25, 0.3) is 0 Å². The summed E-state index contributed by atoms with van der Waals surface area (Å²) in [5.74, 6) is 0.357. The third-order valence-corrected chi connectivity index (χ3v) is 1.72. The lowest BCUT2D eigenvalue weighted by Crippen LogP contribution is -2.20. The van der Waals surface area contributed by atoms with Crippen molar-refractivity contribution in [3.8, 4) is 0 Å². The van der Waals surface area contributed by atoms with E-state index in [1.807, 2.05) is 12.2 Å². The van der Waals surface area contributed by atoms with Gasteiger partial charge in [0.1, 0.15) is 0 Å². The van der Waals surface area contributed by atoms with Crippen molar-refractivity contribution < 1.29 is 4.79 Å². The predicted molar refractivity (Wildman–Crippen MR) is 49.3 cm³/mol. The zero-order valence-corrected chi connectivity index (χ0v) is 7.21. The fourth-order valence-electron chi connectivity index (χ4n) is 1.12. The maximum absolute atomic E-state index is 10.9. The van der Waals surface area contributed by atoms with Crippen molar-refractivity contribution in [2.45, 2.75) is 13.3 Å². The predicted octanol–water partition coefficient (Wildman–Crippen LogP) is 1.77. The molecule has 0 saturated heterocycles. The molecule has 1 atom stereocenters. The van der Waals surface area contributed by atoms with Gasteiger partial charge in [0.25, 0.3) is 0 Å². The van der Waals surface area contributed by atoms with Crippen molar-refractivity contribution >= 4 is 5.91 Å². The van der Waals surface area contributed by atoms with E-state index in [1.54, 1.807) is 0 Å². The molecule has 1 rings (SSSR count). The number of allylic oxidation sites excluding steroid dienone is 3. The van der Waals surface area contributed by atoms with Crippen LogP contribution in [0, 0.1) is 5.92 Å². The molecule has 0 heterocycles. The van der Waals surface area contributed by atoms with Crippen LogP contribution in [0.3, 0.4) is 0 Å². The molecular weight excluding hydrogens is 150 g/mol. The van der Waals surface area contributed by atoms with Crippen LogP contribution in [-0.4, -0.2) is 5.91 Å². The van der Waals surface area contributed by atoms with Crippen molar-refractivity contribution in [2.24, 2.45) is 5.92 Å². The highest BCUT2D eigenvalue weighted by Crippen LogP contribution is 2.13. The molecule has 0 spiro atoms. The summed E-state index contributed by atoms with van der Waals surface area (Å²) < 4.78 is 0. The molecule has 0 aromatic heterocycles. The maximum atomic E-state index is 10.9. The van der Waals surface area contributed by atoms with Crippen LogP contribution in [0.15, 0.2) is 36.6 Å². The van der Waals surface area contributed by atoms with Gasteiger partial charge in [0, 0.05) is 5.70 Å². The van der Waals surface area contributed by atoms with Gasteiger partial charge in [-0.1, -0.05) is 25.7 Å². The SMILES string of the molecule is C=CC(=O)NC1=CC(C)CC=C1. The summed E-state index contributed by atoms with van der Waals surface area (Å²) in [5.41, 5.74) is 0.874. The Labute approximate surface area is 72.7 Å². The molecule has 1 N–H and O–H groups in total. The Bertz CT molecular complexity index is 251. The zero-order chi connectivity index (χ0) is 8.97. The largest absolute Gasteiger partial charge is 0.323 e. The van der Waals surface area contributed by atoms with E-state index in [2.05, 4.69) is 24.9 Å². The molecule has 2 nitrogen and oxygen atoms in total. The van der Waals surface area contributed by atoms with E-state index in [0.29, 0.717) is 5.92 Å². The quantitative estimate of drug-likeness (QED) is 0.617. The highest BCUT2D eigenvalue weighted by molar-refractivity contribution is 5.88. The minimum Gasteiger partial charge on any atom is -0.323 e. The molecule has 1 aliphatic rings. The molecule has 0 aliphatic heterocycles. The van der Waals surface area contributed by atoms with Crippen molar-refractivity contribution in [2.75, 3.05) is 0 Å². The molecule has 64 valence electrons. The second-order valence-corrected chi connectivity index (χ2v) is 2.93. The van der Waals surface area contributed by atoms with Gasteiger partial charge in [-0.2, -0.15) is 0 Å². The highest BCUT2D eigenvalue weighted by Gasteiger charge is 2.04. The second-order valence-electron chi connectivity index (χ2n) is 2.93. The summed E-state index contributed by atoms with van der Waals surface area (Å²) in [6.45, 7) is 5.50. The van der Waals surface area contributed by atoms with Crippen LogP contribution in [-0.2, 0) is 4.79 Å². The van der Waals surface area contributed by atoms with Gasteiger partial charge in [0.2, 0.25) is 5.91 Å². The number of hydrogen-bond donors (Lipinski definition) is 1. The van der Waals surface area contributed by atoms with Gasteiger partial charge in [0.05, 0.1) is 0 Å². The number of hydrogen-bond acceptors (Lipinski definition) is 1. The maximum Gasteiger partial charge on any atom is 0.247 e. The van der Waals surface area contributed by atoms with Gasteiger partial charge in [-0.15, -0.1) is 0 Å².